The summed E-state index contributed by atoms with van der Waals surface area (Å²) in [5, 5.41) is 8.47. The molecule has 1 N–H and O–H groups in total. The summed E-state index contributed by atoms with van der Waals surface area (Å²) in [5.41, 5.74) is 0. The minimum Gasteiger partial charge on any atom is -0.481 e. The fourth-order valence-electron chi connectivity index (χ4n) is 1.72. The second-order valence-corrected chi connectivity index (χ2v) is 3.76. The zero-order chi connectivity index (χ0) is 10.4. The van der Waals surface area contributed by atoms with Crippen LogP contribution in [-0.4, -0.2) is 16.9 Å². The standard InChI is InChI=1S/C11H16O3/c12-10-5-1-3-9(7-8-10)4-2-6-11(13)14/h7-9H,1-6H2,(H,13,14). The lowest BCUT2D eigenvalue weighted by molar-refractivity contribution is -0.137. The number of aliphatic carboxylic acids is 1. The van der Waals surface area contributed by atoms with E-state index in [1.165, 1.54) is 0 Å². The molecule has 0 heterocycles. The van der Waals surface area contributed by atoms with Crippen molar-refractivity contribution in [2.24, 2.45) is 5.92 Å². The first kappa shape index (κ1) is 11.0. The maximum atomic E-state index is 11.0. The van der Waals surface area contributed by atoms with Crippen LogP contribution in [0.2, 0.25) is 0 Å². The van der Waals surface area contributed by atoms with E-state index >= 15 is 0 Å². The summed E-state index contributed by atoms with van der Waals surface area (Å²) in [6, 6.07) is 0. The summed E-state index contributed by atoms with van der Waals surface area (Å²) in [6.07, 6.45) is 8.01. The average Bonchev–Trinajstić information content (AvgIpc) is 2.30. The second-order valence-electron chi connectivity index (χ2n) is 3.76. The zero-order valence-corrected chi connectivity index (χ0v) is 8.24. The van der Waals surface area contributed by atoms with Gasteiger partial charge in [0.25, 0.3) is 0 Å². The molecule has 0 bridgehead atoms. The van der Waals surface area contributed by atoms with Gasteiger partial charge in [-0.1, -0.05) is 6.08 Å². The summed E-state index contributed by atoms with van der Waals surface area (Å²) < 4.78 is 0. The minimum atomic E-state index is -0.737. The molecular formula is C11H16O3. The Balaban J connectivity index is 2.26. The molecule has 0 saturated heterocycles. The normalized spacial score (nSPS) is 22.0. The van der Waals surface area contributed by atoms with Gasteiger partial charge in [0.2, 0.25) is 0 Å². The molecule has 0 aromatic carbocycles. The van der Waals surface area contributed by atoms with Crippen LogP contribution in [0.25, 0.3) is 0 Å². The second kappa shape index (κ2) is 5.58. The molecule has 3 heteroatoms. The van der Waals surface area contributed by atoms with E-state index in [1.54, 1.807) is 6.08 Å². The number of ketones is 1. The van der Waals surface area contributed by atoms with E-state index < -0.39 is 5.97 Å². The Morgan fingerprint density at radius 1 is 1.57 bits per heavy atom. The molecule has 1 atom stereocenters. The van der Waals surface area contributed by atoms with Gasteiger partial charge < -0.3 is 5.11 Å². The number of allylic oxidation sites excluding steroid dienone is 2. The number of carboxylic acids is 1. The lowest BCUT2D eigenvalue weighted by Crippen LogP contribution is -1.99. The number of carbonyl (C=O) groups excluding carboxylic acids is 1. The largest absolute Gasteiger partial charge is 0.481 e. The fourth-order valence-corrected chi connectivity index (χ4v) is 1.72. The van der Waals surface area contributed by atoms with Gasteiger partial charge in [0, 0.05) is 12.8 Å². The predicted octanol–water partition coefficient (Wildman–Crippen LogP) is 2.17. The SMILES string of the molecule is O=C(O)CCCC1C=CC(=O)CCC1. The first-order valence-electron chi connectivity index (χ1n) is 5.11. The molecule has 0 aromatic rings. The van der Waals surface area contributed by atoms with Crippen LogP contribution in [0.1, 0.15) is 38.5 Å². The van der Waals surface area contributed by atoms with Gasteiger partial charge in [-0.05, 0) is 37.7 Å². The van der Waals surface area contributed by atoms with Gasteiger partial charge in [-0.3, -0.25) is 9.59 Å². The predicted molar refractivity (Wildman–Crippen MR) is 53.0 cm³/mol. The van der Waals surface area contributed by atoms with E-state index in [9.17, 15) is 9.59 Å². The van der Waals surface area contributed by atoms with Crippen LogP contribution in [-0.2, 0) is 9.59 Å². The zero-order valence-electron chi connectivity index (χ0n) is 8.24. The summed E-state index contributed by atoms with van der Waals surface area (Å²) in [6.45, 7) is 0. The highest BCUT2D eigenvalue weighted by molar-refractivity contribution is 5.89. The summed E-state index contributed by atoms with van der Waals surface area (Å²) in [7, 11) is 0. The smallest absolute Gasteiger partial charge is 0.303 e. The van der Waals surface area contributed by atoms with Crippen LogP contribution in [0.4, 0.5) is 0 Å². The van der Waals surface area contributed by atoms with E-state index in [-0.39, 0.29) is 12.2 Å². The Labute approximate surface area is 83.8 Å². The van der Waals surface area contributed by atoms with Crippen LogP contribution >= 0.6 is 0 Å². The van der Waals surface area contributed by atoms with E-state index in [0.29, 0.717) is 18.8 Å². The first-order valence-corrected chi connectivity index (χ1v) is 5.11. The Bertz CT molecular complexity index is 243. The monoisotopic (exact) mass is 196 g/mol. The van der Waals surface area contributed by atoms with Crippen molar-refractivity contribution in [2.75, 3.05) is 0 Å². The van der Waals surface area contributed by atoms with E-state index in [1.807, 2.05) is 6.08 Å². The van der Waals surface area contributed by atoms with E-state index in [2.05, 4.69) is 0 Å². The number of hydrogen-bond acceptors (Lipinski definition) is 2. The van der Waals surface area contributed by atoms with Crippen LogP contribution in [0, 0.1) is 5.92 Å². The Kier molecular flexibility index (Phi) is 4.36. The van der Waals surface area contributed by atoms with Gasteiger partial charge in [-0.2, -0.15) is 0 Å². The highest BCUT2D eigenvalue weighted by atomic mass is 16.4. The van der Waals surface area contributed by atoms with Crippen molar-refractivity contribution >= 4 is 11.8 Å². The third kappa shape index (κ3) is 4.21. The van der Waals surface area contributed by atoms with Crippen molar-refractivity contribution in [1.29, 1.82) is 0 Å². The van der Waals surface area contributed by atoms with Gasteiger partial charge in [-0.15, -0.1) is 0 Å². The Hall–Kier alpha value is -1.12. The molecule has 0 radical (unpaired) electrons. The molecule has 14 heavy (non-hydrogen) atoms. The highest BCUT2D eigenvalue weighted by Crippen LogP contribution is 2.20. The molecule has 0 amide bonds. The average molecular weight is 196 g/mol. The number of rotatable bonds is 4. The third-order valence-corrected chi connectivity index (χ3v) is 2.52. The summed E-state index contributed by atoms with van der Waals surface area (Å²) in [4.78, 5) is 21.3. The van der Waals surface area contributed by atoms with Gasteiger partial charge in [0.15, 0.2) is 5.78 Å². The first-order chi connectivity index (χ1) is 6.68. The fraction of sp³-hybridized carbons (Fsp3) is 0.636. The molecule has 1 rings (SSSR count). The van der Waals surface area contributed by atoms with Crippen LogP contribution in [0.3, 0.4) is 0 Å². The molecule has 0 aliphatic heterocycles. The number of carbonyl (C=O) groups is 2. The molecule has 1 aliphatic carbocycles. The minimum absolute atomic E-state index is 0.200. The van der Waals surface area contributed by atoms with Gasteiger partial charge in [0.05, 0.1) is 0 Å². The summed E-state index contributed by atoms with van der Waals surface area (Å²) >= 11 is 0. The van der Waals surface area contributed by atoms with E-state index in [0.717, 1.165) is 19.3 Å². The molecule has 0 fully saturated rings. The number of carboxylic acid groups (broad SMARTS) is 1. The molecule has 78 valence electrons. The van der Waals surface area contributed by atoms with Crippen molar-refractivity contribution in [1.82, 2.24) is 0 Å². The quantitative estimate of drug-likeness (QED) is 0.749. The maximum Gasteiger partial charge on any atom is 0.303 e. The lowest BCUT2D eigenvalue weighted by Gasteiger charge is -2.08. The molecule has 0 spiro atoms. The van der Waals surface area contributed by atoms with Gasteiger partial charge >= 0.3 is 5.97 Å². The molecular weight excluding hydrogens is 180 g/mol. The van der Waals surface area contributed by atoms with Crippen molar-refractivity contribution in [3.05, 3.63) is 12.2 Å². The molecule has 0 saturated carbocycles. The van der Waals surface area contributed by atoms with Crippen LogP contribution in [0.15, 0.2) is 12.2 Å². The van der Waals surface area contributed by atoms with Crippen molar-refractivity contribution < 1.29 is 14.7 Å². The topological polar surface area (TPSA) is 54.4 Å². The van der Waals surface area contributed by atoms with E-state index in [4.69, 9.17) is 5.11 Å². The molecule has 3 nitrogen and oxygen atoms in total. The Morgan fingerprint density at radius 2 is 2.36 bits per heavy atom. The van der Waals surface area contributed by atoms with Crippen LogP contribution < -0.4 is 0 Å². The molecule has 0 aromatic heterocycles. The van der Waals surface area contributed by atoms with Crippen molar-refractivity contribution in [3.63, 3.8) is 0 Å². The highest BCUT2D eigenvalue weighted by Gasteiger charge is 2.11. The maximum absolute atomic E-state index is 11.0. The lowest BCUT2D eigenvalue weighted by atomic mass is 9.97. The van der Waals surface area contributed by atoms with Crippen molar-refractivity contribution in [3.8, 4) is 0 Å². The molecule has 1 unspecified atom stereocenters. The number of hydrogen-bond donors (Lipinski definition) is 1. The summed E-state index contributed by atoms with van der Waals surface area (Å²) in [5.74, 6) is -0.134. The third-order valence-electron chi connectivity index (χ3n) is 2.52. The molecule has 1 aliphatic rings. The van der Waals surface area contributed by atoms with Gasteiger partial charge in [-0.25, -0.2) is 0 Å². The van der Waals surface area contributed by atoms with Crippen molar-refractivity contribution in [2.45, 2.75) is 38.5 Å². The Morgan fingerprint density at radius 3 is 3.07 bits per heavy atom. The van der Waals surface area contributed by atoms with Gasteiger partial charge in [0.1, 0.15) is 0 Å². The van der Waals surface area contributed by atoms with Crippen LogP contribution in [0.5, 0.6) is 0 Å².